The van der Waals surface area contributed by atoms with Crippen molar-refractivity contribution in [2.75, 3.05) is 57.8 Å². The molecular weight excluding hydrogens is 380 g/mol. The van der Waals surface area contributed by atoms with Gasteiger partial charge in [0.2, 0.25) is 0 Å². The summed E-state index contributed by atoms with van der Waals surface area (Å²) in [6, 6.07) is 11.0. The van der Waals surface area contributed by atoms with Gasteiger partial charge in [-0.3, -0.25) is 9.89 Å². The summed E-state index contributed by atoms with van der Waals surface area (Å²) in [7, 11) is 1.75. The van der Waals surface area contributed by atoms with E-state index in [1.54, 1.807) is 7.05 Å². The maximum Gasteiger partial charge on any atom is 0.407 e. The average molecular weight is 419 g/mol. The van der Waals surface area contributed by atoms with Crippen molar-refractivity contribution in [1.82, 2.24) is 20.9 Å². The third-order valence-electron chi connectivity index (χ3n) is 4.93. The fraction of sp³-hybridized carbons (Fsp3) is 0.636. The minimum atomic E-state index is -0.488. The van der Waals surface area contributed by atoms with Gasteiger partial charge in [-0.1, -0.05) is 18.2 Å². The van der Waals surface area contributed by atoms with Gasteiger partial charge in [0, 0.05) is 64.6 Å². The fourth-order valence-corrected chi connectivity index (χ4v) is 3.31. The van der Waals surface area contributed by atoms with Crippen molar-refractivity contribution in [2.45, 2.75) is 39.3 Å². The number of carbonyl (C=O) groups is 1. The van der Waals surface area contributed by atoms with Gasteiger partial charge in [0.15, 0.2) is 5.96 Å². The summed E-state index contributed by atoms with van der Waals surface area (Å²) in [5, 5.41) is 9.33. The first-order valence-electron chi connectivity index (χ1n) is 10.7. The molecule has 30 heavy (non-hydrogen) atoms. The second-order valence-electron chi connectivity index (χ2n) is 8.52. The predicted octanol–water partition coefficient (Wildman–Crippen LogP) is 1.89. The van der Waals surface area contributed by atoms with Crippen molar-refractivity contribution in [1.29, 1.82) is 0 Å². The lowest BCUT2D eigenvalue weighted by Crippen LogP contribution is -2.53. The Labute approximate surface area is 181 Å². The van der Waals surface area contributed by atoms with E-state index in [0.717, 1.165) is 38.7 Å². The largest absolute Gasteiger partial charge is 0.444 e. The van der Waals surface area contributed by atoms with Gasteiger partial charge in [-0.15, -0.1) is 0 Å². The summed E-state index contributed by atoms with van der Waals surface area (Å²) in [6.07, 6.45) is -0.407. The number of para-hydroxylation sites is 1. The molecule has 0 aliphatic carbocycles. The molecule has 168 valence electrons. The Kier molecular flexibility index (Phi) is 9.23. The number of benzene rings is 1. The number of ether oxygens (including phenoxy) is 1. The van der Waals surface area contributed by atoms with E-state index in [1.165, 1.54) is 5.69 Å². The Morgan fingerprint density at radius 1 is 1.07 bits per heavy atom. The lowest BCUT2D eigenvalue weighted by atomic mass is 10.2. The van der Waals surface area contributed by atoms with Crippen molar-refractivity contribution < 1.29 is 9.53 Å². The molecule has 1 heterocycles. The van der Waals surface area contributed by atoms with Crippen molar-refractivity contribution >= 4 is 17.7 Å². The molecule has 1 amide bonds. The van der Waals surface area contributed by atoms with Crippen molar-refractivity contribution in [3.63, 3.8) is 0 Å². The van der Waals surface area contributed by atoms with Crippen LogP contribution in [0.2, 0.25) is 0 Å². The van der Waals surface area contributed by atoms with Gasteiger partial charge >= 0.3 is 6.09 Å². The molecule has 0 spiro atoms. The zero-order valence-electron chi connectivity index (χ0n) is 19.1. The number of amides is 1. The number of piperazine rings is 1. The van der Waals surface area contributed by atoms with Crippen molar-refractivity contribution in [2.24, 2.45) is 4.99 Å². The number of guanidine groups is 1. The second kappa shape index (κ2) is 11.6. The Morgan fingerprint density at radius 2 is 1.70 bits per heavy atom. The van der Waals surface area contributed by atoms with Gasteiger partial charge in [-0.25, -0.2) is 4.79 Å². The molecule has 1 aliphatic heterocycles. The quantitative estimate of drug-likeness (QED) is 0.356. The number of aliphatic imine (C=N–C) groups is 1. The Balaban J connectivity index is 1.63. The first-order valence-corrected chi connectivity index (χ1v) is 10.7. The summed E-state index contributed by atoms with van der Waals surface area (Å²) in [5.41, 5.74) is 0.810. The molecule has 0 saturated carbocycles. The highest BCUT2D eigenvalue weighted by molar-refractivity contribution is 5.79. The molecule has 0 radical (unpaired) electrons. The van der Waals surface area contributed by atoms with Crippen LogP contribution in [-0.4, -0.2) is 81.5 Å². The zero-order chi connectivity index (χ0) is 22.0. The number of rotatable bonds is 7. The molecule has 1 aromatic rings. The topological polar surface area (TPSA) is 81.2 Å². The van der Waals surface area contributed by atoms with Gasteiger partial charge in [-0.2, -0.15) is 0 Å². The van der Waals surface area contributed by atoms with Crippen LogP contribution in [-0.2, 0) is 4.74 Å². The molecule has 0 aromatic heterocycles. The Hall–Kier alpha value is -2.48. The number of alkyl carbamates (subject to hydrolysis) is 1. The molecule has 8 heteroatoms. The van der Waals surface area contributed by atoms with Crippen LogP contribution in [0.3, 0.4) is 0 Å². The standard InChI is InChI=1S/C22H38N6O2/c1-18(27-13-15-28(16-14-27)19-9-7-6-8-10-19)17-26-20(23-5)24-11-12-25-21(29)30-22(2,3)4/h6-10,18H,11-17H2,1-5H3,(H,25,29)(H2,23,24,26). The van der Waals surface area contributed by atoms with E-state index < -0.39 is 11.7 Å². The monoisotopic (exact) mass is 418 g/mol. The van der Waals surface area contributed by atoms with Crippen LogP contribution in [0.25, 0.3) is 0 Å². The first kappa shape index (κ1) is 23.8. The molecular formula is C22H38N6O2. The summed E-state index contributed by atoms with van der Waals surface area (Å²) >= 11 is 0. The molecule has 1 saturated heterocycles. The molecule has 1 unspecified atom stereocenters. The minimum absolute atomic E-state index is 0.404. The number of hydrogen-bond donors (Lipinski definition) is 3. The number of nitrogens with one attached hydrogen (secondary N) is 3. The number of hydrogen-bond acceptors (Lipinski definition) is 5. The second-order valence-corrected chi connectivity index (χ2v) is 8.52. The summed E-state index contributed by atoms with van der Waals surface area (Å²) in [5.74, 6) is 0.732. The molecule has 1 atom stereocenters. The van der Waals surface area contributed by atoms with Crippen LogP contribution < -0.4 is 20.9 Å². The van der Waals surface area contributed by atoms with E-state index in [-0.39, 0.29) is 0 Å². The van der Waals surface area contributed by atoms with Crippen LogP contribution >= 0.6 is 0 Å². The molecule has 8 nitrogen and oxygen atoms in total. The third kappa shape index (κ3) is 8.49. The lowest BCUT2D eigenvalue weighted by molar-refractivity contribution is 0.0529. The lowest BCUT2D eigenvalue weighted by Gasteiger charge is -2.39. The maximum atomic E-state index is 11.7. The maximum absolute atomic E-state index is 11.7. The highest BCUT2D eigenvalue weighted by atomic mass is 16.6. The summed E-state index contributed by atoms with van der Waals surface area (Å²) < 4.78 is 5.22. The molecule has 1 aromatic carbocycles. The Morgan fingerprint density at radius 3 is 2.30 bits per heavy atom. The van der Waals surface area contributed by atoms with Crippen LogP contribution in [0.4, 0.5) is 10.5 Å². The van der Waals surface area contributed by atoms with E-state index in [0.29, 0.717) is 19.1 Å². The van der Waals surface area contributed by atoms with Gasteiger partial charge in [0.05, 0.1) is 0 Å². The van der Waals surface area contributed by atoms with Gasteiger partial charge in [-0.05, 0) is 39.8 Å². The van der Waals surface area contributed by atoms with E-state index in [4.69, 9.17) is 4.74 Å². The zero-order valence-corrected chi connectivity index (χ0v) is 19.1. The summed E-state index contributed by atoms with van der Waals surface area (Å²) in [4.78, 5) is 20.9. The molecule has 2 rings (SSSR count). The highest BCUT2D eigenvalue weighted by Crippen LogP contribution is 2.16. The normalized spacial score (nSPS) is 16.7. The van der Waals surface area contributed by atoms with Gasteiger partial charge in [0.1, 0.15) is 5.60 Å². The average Bonchev–Trinajstić information content (AvgIpc) is 2.72. The highest BCUT2D eigenvalue weighted by Gasteiger charge is 2.21. The molecule has 1 fully saturated rings. The van der Waals surface area contributed by atoms with Gasteiger partial charge < -0.3 is 25.6 Å². The molecule has 3 N–H and O–H groups in total. The third-order valence-corrected chi connectivity index (χ3v) is 4.93. The van der Waals surface area contributed by atoms with Crippen LogP contribution in [0.1, 0.15) is 27.7 Å². The Bertz CT molecular complexity index is 666. The molecule has 1 aliphatic rings. The van der Waals surface area contributed by atoms with Crippen molar-refractivity contribution in [3.8, 4) is 0 Å². The molecule has 0 bridgehead atoms. The SMILES string of the molecule is CN=C(NCCNC(=O)OC(C)(C)C)NCC(C)N1CCN(c2ccccc2)CC1. The van der Waals surface area contributed by atoms with Crippen molar-refractivity contribution in [3.05, 3.63) is 30.3 Å². The number of anilines is 1. The number of nitrogens with zero attached hydrogens (tertiary/aromatic N) is 3. The van der Waals surface area contributed by atoms with E-state index >= 15 is 0 Å². The van der Waals surface area contributed by atoms with Crippen LogP contribution in [0, 0.1) is 0 Å². The summed E-state index contributed by atoms with van der Waals surface area (Å²) in [6.45, 7) is 13.8. The van der Waals surface area contributed by atoms with E-state index in [9.17, 15) is 4.79 Å². The smallest absolute Gasteiger partial charge is 0.407 e. The van der Waals surface area contributed by atoms with E-state index in [2.05, 4.69) is 68.0 Å². The fourth-order valence-electron chi connectivity index (χ4n) is 3.31. The van der Waals surface area contributed by atoms with Crippen LogP contribution in [0.15, 0.2) is 35.3 Å². The van der Waals surface area contributed by atoms with Gasteiger partial charge in [0.25, 0.3) is 0 Å². The first-order chi connectivity index (χ1) is 14.3. The number of carbonyl (C=O) groups excluding carboxylic acids is 1. The minimum Gasteiger partial charge on any atom is -0.444 e. The predicted molar refractivity (Wildman–Crippen MR) is 123 cm³/mol. The van der Waals surface area contributed by atoms with Crippen LogP contribution in [0.5, 0.6) is 0 Å². The van der Waals surface area contributed by atoms with E-state index in [1.807, 2.05) is 20.8 Å².